The van der Waals surface area contributed by atoms with E-state index in [4.69, 9.17) is 10.5 Å². The van der Waals surface area contributed by atoms with Crippen LogP contribution in [-0.2, 0) is 0 Å². The van der Waals surface area contributed by atoms with Crippen molar-refractivity contribution in [3.8, 4) is 5.75 Å². The Morgan fingerprint density at radius 1 is 1.50 bits per heavy atom. The first-order valence-corrected chi connectivity index (χ1v) is 5.52. The maximum absolute atomic E-state index is 5.55. The molecule has 0 aliphatic carbocycles. The summed E-state index contributed by atoms with van der Waals surface area (Å²) in [6.07, 6.45) is 0.971. The SMILES string of the molecule is COc1cccc(Br)c1C(C)CCN. The van der Waals surface area contributed by atoms with Crippen molar-refractivity contribution < 1.29 is 4.74 Å². The summed E-state index contributed by atoms with van der Waals surface area (Å²) in [6, 6.07) is 5.99. The van der Waals surface area contributed by atoms with Crippen molar-refractivity contribution in [1.29, 1.82) is 0 Å². The van der Waals surface area contributed by atoms with Crippen LogP contribution in [0.5, 0.6) is 5.75 Å². The molecule has 2 N–H and O–H groups in total. The van der Waals surface area contributed by atoms with E-state index < -0.39 is 0 Å². The number of methoxy groups -OCH3 is 1. The minimum atomic E-state index is 0.422. The van der Waals surface area contributed by atoms with Gasteiger partial charge in [0.15, 0.2) is 0 Å². The van der Waals surface area contributed by atoms with Gasteiger partial charge in [0.25, 0.3) is 0 Å². The summed E-state index contributed by atoms with van der Waals surface area (Å²) in [5, 5.41) is 0. The molecule has 1 atom stereocenters. The molecule has 1 unspecified atom stereocenters. The normalized spacial score (nSPS) is 12.6. The van der Waals surface area contributed by atoms with Crippen molar-refractivity contribution in [2.24, 2.45) is 5.73 Å². The molecule has 1 aromatic carbocycles. The molecule has 0 heterocycles. The molecule has 0 spiro atoms. The van der Waals surface area contributed by atoms with E-state index in [0.29, 0.717) is 12.5 Å². The zero-order valence-electron chi connectivity index (χ0n) is 8.59. The molecule has 1 aromatic rings. The van der Waals surface area contributed by atoms with Gasteiger partial charge in [-0.25, -0.2) is 0 Å². The van der Waals surface area contributed by atoms with Gasteiger partial charge in [0.1, 0.15) is 5.75 Å². The van der Waals surface area contributed by atoms with E-state index in [1.807, 2.05) is 18.2 Å². The van der Waals surface area contributed by atoms with Crippen LogP contribution in [0.25, 0.3) is 0 Å². The highest BCUT2D eigenvalue weighted by atomic mass is 79.9. The van der Waals surface area contributed by atoms with Crippen LogP contribution in [0.4, 0.5) is 0 Å². The quantitative estimate of drug-likeness (QED) is 0.901. The monoisotopic (exact) mass is 257 g/mol. The first kappa shape index (κ1) is 11.5. The summed E-state index contributed by atoms with van der Waals surface area (Å²) < 4.78 is 6.42. The summed E-state index contributed by atoms with van der Waals surface area (Å²) in [5.41, 5.74) is 6.76. The fourth-order valence-electron chi connectivity index (χ4n) is 1.57. The predicted molar refractivity (Wildman–Crippen MR) is 62.8 cm³/mol. The van der Waals surface area contributed by atoms with Crippen molar-refractivity contribution in [2.75, 3.05) is 13.7 Å². The summed E-state index contributed by atoms with van der Waals surface area (Å²) in [4.78, 5) is 0. The highest BCUT2D eigenvalue weighted by Crippen LogP contribution is 2.34. The van der Waals surface area contributed by atoms with Crippen molar-refractivity contribution in [3.05, 3.63) is 28.2 Å². The molecule has 0 amide bonds. The highest BCUT2D eigenvalue weighted by Gasteiger charge is 2.13. The first-order valence-electron chi connectivity index (χ1n) is 4.73. The van der Waals surface area contributed by atoms with Crippen LogP contribution < -0.4 is 10.5 Å². The van der Waals surface area contributed by atoms with Crippen molar-refractivity contribution in [3.63, 3.8) is 0 Å². The summed E-state index contributed by atoms with van der Waals surface area (Å²) in [5.74, 6) is 1.35. The van der Waals surface area contributed by atoms with Crippen LogP contribution >= 0.6 is 15.9 Å². The minimum Gasteiger partial charge on any atom is -0.496 e. The number of hydrogen-bond donors (Lipinski definition) is 1. The molecule has 0 bridgehead atoms. The first-order chi connectivity index (χ1) is 6.70. The smallest absolute Gasteiger partial charge is 0.123 e. The Kier molecular flexibility index (Phi) is 4.42. The largest absolute Gasteiger partial charge is 0.496 e. The van der Waals surface area contributed by atoms with Crippen molar-refractivity contribution in [1.82, 2.24) is 0 Å². The lowest BCUT2D eigenvalue weighted by Crippen LogP contribution is -2.06. The van der Waals surface area contributed by atoms with Gasteiger partial charge in [-0.3, -0.25) is 0 Å². The number of halogens is 1. The molecule has 0 saturated heterocycles. The van der Waals surface area contributed by atoms with Crippen LogP contribution in [-0.4, -0.2) is 13.7 Å². The Morgan fingerprint density at radius 3 is 2.79 bits per heavy atom. The maximum Gasteiger partial charge on any atom is 0.123 e. The van der Waals surface area contributed by atoms with Gasteiger partial charge in [-0.15, -0.1) is 0 Å². The average molecular weight is 258 g/mol. The van der Waals surface area contributed by atoms with Gasteiger partial charge in [-0.05, 0) is 31.0 Å². The fraction of sp³-hybridized carbons (Fsp3) is 0.455. The lowest BCUT2D eigenvalue weighted by Gasteiger charge is -2.16. The fourth-order valence-corrected chi connectivity index (χ4v) is 2.31. The van der Waals surface area contributed by atoms with E-state index >= 15 is 0 Å². The number of ether oxygens (including phenoxy) is 1. The second-order valence-electron chi connectivity index (χ2n) is 3.33. The van der Waals surface area contributed by atoms with E-state index in [2.05, 4.69) is 22.9 Å². The van der Waals surface area contributed by atoms with Crippen LogP contribution in [0.15, 0.2) is 22.7 Å². The van der Waals surface area contributed by atoms with Gasteiger partial charge in [-0.2, -0.15) is 0 Å². The van der Waals surface area contributed by atoms with Crippen LogP contribution in [0.1, 0.15) is 24.8 Å². The molecule has 0 radical (unpaired) electrons. The van der Waals surface area contributed by atoms with E-state index in [0.717, 1.165) is 16.6 Å². The Morgan fingerprint density at radius 2 is 2.21 bits per heavy atom. The molecule has 2 nitrogen and oxygen atoms in total. The molecular formula is C11H16BrNO. The van der Waals surface area contributed by atoms with Gasteiger partial charge in [0.05, 0.1) is 7.11 Å². The lowest BCUT2D eigenvalue weighted by atomic mass is 9.97. The molecule has 0 aliphatic rings. The van der Waals surface area contributed by atoms with E-state index in [9.17, 15) is 0 Å². The third kappa shape index (κ3) is 2.49. The van der Waals surface area contributed by atoms with Gasteiger partial charge >= 0.3 is 0 Å². The van der Waals surface area contributed by atoms with Crippen LogP contribution in [0.3, 0.4) is 0 Å². The van der Waals surface area contributed by atoms with Gasteiger partial charge in [0, 0.05) is 10.0 Å². The Hall–Kier alpha value is -0.540. The zero-order chi connectivity index (χ0) is 10.6. The van der Waals surface area contributed by atoms with Crippen molar-refractivity contribution >= 4 is 15.9 Å². The lowest BCUT2D eigenvalue weighted by molar-refractivity contribution is 0.405. The second-order valence-corrected chi connectivity index (χ2v) is 4.19. The molecule has 14 heavy (non-hydrogen) atoms. The number of benzene rings is 1. The number of hydrogen-bond acceptors (Lipinski definition) is 2. The molecular weight excluding hydrogens is 242 g/mol. The van der Waals surface area contributed by atoms with Crippen LogP contribution in [0.2, 0.25) is 0 Å². The van der Waals surface area contributed by atoms with E-state index in [1.54, 1.807) is 7.11 Å². The Bertz CT molecular complexity index is 301. The van der Waals surface area contributed by atoms with E-state index in [1.165, 1.54) is 5.56 Å². The molecule has 0 saturated carbocycles. The third-order valence-corrected chi connectivity index (χ3v) is 3.02. The standard InChI is InChI=1S/C11H16BrNO/c1-8(6-7-13)11-9(12)4-3-5-10(11)14-2/h3-5,8H,6-7,13H2,1-2H3. The average Bonchev–Trinajstić information content (AvgIpc) is 2.17. The summed E-state index contributed by atoms with van der Waals surface area (Å²) in [7, 11) is 1.69. The molecule has 1 rings (SSSR count). The van der Waals surface area contributed by atoms with Crippen molar-refractivity contribution in [2.45, 2.75) is 19.3 Å². The Labute approximate surface area is 93.6 Å². The minimum absolute atomic E-state index is 0.422. The summed E-state index contributed by atoms with van der Waals surface area (Å²) in [6.45, 7) is 2.86. The maximum atomic E-state index is 5.55. The predicted octanol–water partition coefficient (Wildman–Crippen LogP) is 2.91. The van der Waals surface area contributed by atoms with Crippen LogP contribution in [0, 0.1) is 0 Å². The number of nitrogens with two attached hydrogens (primary N) is 1. The molecule has 78 valence electrons. The highest BCUT2D eigenvalue weighted by molar-refractivity contribution is 9.10. The third-order valence-electron chi connectivity index (χ3n) is 2.33. The topological polar surface area (TPSA) is 35.2 Å². The molecule has 3 heteroatoms. The van der Waals surface area contributed by atoms with Gasteiger partial charge in [-0.1, -0.05) is 28.9 Å². The number of rotatable bonds is 4. The molecule has 0 aromatic heterocycles. The van der Waals surface area contributed by atoms with Gasteiger partial charge < -0.3 is 10.5 Å². The van der Waals surface area contributed by atoms with Gasteiger partial charge in [0.2, 0.25) is 0 Å². The molecule has 0 aliphatic heterocycles. The zero-order valence-corrected chi connectivity index (χ0v) is 10.2. The summed E-state index contributed by atoms with van der Waals surface area (Å²) >= 11 is 3.54. The molecule has 0 fully saturated rings. The van der Waals surface area contributed by atoms with E-state index in [-0.39, 0.29) is 0 Å². The second kappa shape index (κ2) is 5.37. The Balaban J connectivity index is 3.03.